The molecular weight excluding hydrogens is 260 g/mol. The molecule has 0 aliphatic heterocycles. The Labute approximate surface area is 115 Å². The van der Waals surface area contributed by atoms with Gasteiger partial charge >= 0.3 is 11.4 Å². The Kier molecular flexibility index (Phi) is 3.47. The van der Waals surface area contributed by atoms with Crippen molar-refractivity contribution in [1.82, 2.24) is 0 Å². The van der Waals surface area contributed by atoms with Gasteiger partial charge in [0.05, 0.1) is 9.85 Å². The molecule has 0 aromatic heterocycles. The van der Waals surface area contributed by atoms with E-state index in [2.05, 4.69) is 0 Å². The molecule has 0 unspecified atom stereocenters. The van der Waals surface area contributed by atoms with Gasteiger partial charge in [-0.1, -0.05) is 24.3 Å². The third-order valence-corrected chi connectivity index (χ3v) is 3.22. The quantitative estimate of drug-likeness (QED) is 0.628. The second-order valence-corrected chi connectivity index (χ2v) is 4.43. The lowest BCUT2D eigenvalue weighted by molar-refractivity contribution is -0.422. The van der Waals surface area contributed by atoms with E-state index in [0.717, 1.165) is 11.1 Å². The highest BCUT2D eigenvalue weighted by Gasteiger charge is 2.28. The van der Waals surface area contributed by atoms with Gasteiger partial charge in [-0.25, -0.2) is 0 Å². The zero-order valence-electron chi connectivity index (χ0n) is 11.0. The van der Waals surface area contributed by atoms with Crippen LogP contribution in [0.4, 0.5) is 11.4 Å². The molecule has 2 aromatic rings. The van der Waals surface area contributed by atoms with Gasteiger partial charge in [0.15, 0.2) is 0 Å². The van der Waals surface area contributed by atoms with Crippen LogP contribution in [0.25, 0.3) is 11.1 Å². The van der Waals surface area contributed by atoms with Crippen molar-refractivity contribution >= 4 is 11.4 Å². The molecule has 2 aromatic carbocycles. The average molecular weight is 272 g/mol. The fraction of sp³-hybridized carbons (Fsp3) is 0.143. The highest BCUT2D eigenvalue weighted by Crippen LogP contribution is 2.37. The van der Waals surface area contributed by atoms with Crippen LogP contribution in [0.5, 0.6) is 0 Å². The summed E-state index contributed by atoms with van der Waals surface area (Å²) in [5.41, 5.74) is 1.81. The largest absolute Gasteiger partial charge is 0.349 e. The molecular formula is C14H12N2O4. The number of hydrogen-bond donors (Lipinski definition) is 0. The van der Waals surface area contributed by atoms with Crippen molar-refractivity contribution in [2.75, 3.05) is 0 Å². The third kappa shape index (κ3) is 2.23. The maximum atomic E-state index is 11.1. The lowest BCUT2D eigenvalue weighted by Crippen LogP contribution is -2.00. The average Bonchev–Trinajstić information content (AvgIpc) is 2.38. The van der Waals surface area contributed by atoms with E-state index in [1.165, 1.54) is 13.0 Å². The minimum Gasteiger partial charge on any atom is -0.258 e. The molecule has 6 heteroatoms. The molecule has 0 aliphatic carbocycles. The molecule has 0 saturated carbocycles. The Morgan fingerprint density at radius 3 is 2.05 bits per heavy atom. The summed E-state index contributed by atoms with van der Waals surface area (Å²) in [6, 6.07) is 10.2. The number of benzene rings is 2. The lowest BCUT2D eigenvalue weighted by Gasteiger charge is -2.09. The van der Waals surface area contributed by atoms with Crippen LogP contribution in [-0.4, -0.2) is 9.85 Å². The lowest BCUT2D eigenvalue weighted by atomic mass is 9.95. The van der Waals surface area contributed by atoms with Crippen molar-refractivity contribution in [3.63, 3.8) is 0 Å². The number of nitro benzene ring substituents is 2. The first-order valence-corrected chi connectivity index (χ1v) is 5.92. The molecule has 102 valence electrons. The number of hydrogen-bond acceptors (Lipinski definition) is 4. The molecule has 0 radical (unpaired) electrons. The molecule has 2 rings (SSSR count). The van der Waals surface area contributed by atoms with Crippen molar-refractivity contribution < 1.29 is 9.85 Å². The van der Waals surface area contributed by atoms with Crippen LogP contribution in [-0.2, 0) is 0 Å². The minimum atomic E-state index is -0.729. The van der Waals surface area contributed by atoms with Gasteiger partial charge in [0.2, 0.25) is 0 Å². The van der Waals surface area contributed by atoms with Gasteiger partial charge in [0, 0.05) is 11.6 Å². The summed E-state index contributed by atoms with van der Waals surface area (Å²) in [5.74, 6) is 0. The van der Waals surface area contributed by atoms with Gasteiger partial charge in [-0.15, -0.1) is 0 Å². The summed E-state index contributed by atoms with van der Waals surface area (Å²) in [5, 5.41) is 22.0. The fourth-order valence-electron chi connectivity index (χ4n) is 2.23. The van der Waals surface area contributed by atoms with Crippen molar-refractivity contribution in [3.05, 3.63) is 67.8 Å². The molecule has 20 heavy (non-hydrogen) atoms. The van der Waals surface area contributed by atoms with Gasteiger partial charge in [0.1, 0.15) is 0 Å². The molecule has 0 atom stereocenters. The Morgan fingerprint density at radius 2 is 1.50 bits per heavy atom. The molecule has 0 aliphatic rings. The first-order valence-electron chi connectivity index (χ1n) is 5.92. The van der Waals surface area contributed by atoms with Crippen LogP contribution >= 0.6 is 0 Å². The normalized spacial score (nSPS) is 10.3. The smallest absolute Gasteiger partial charge is 0.258 e. The van der Waals surface area contributed by atoms with E-state index in [-0.39, 0.29) is 0 Å². The Hall–Kier alpha value is -2.76. The highest BCUT2D eigenvalue weighted by atomic mass is 16.6. The maximum Gasteiger partial charge on any atom is 0.349 e. The van der Waals surface area contributed by atoms with Crippen LogP contribution in [0.2, 0.25) is 0 Å². The summed E-state index contributed by atoms with van der Waals surface area (Å²) >= 11 is 0. The number of aryl methyl sites for hydroxylation is 1. The Balaban J connectivity index is 2.76. The van der Waals surface area contributed by atoms with E-state index in [4.69, 9.17) is 0 Å². The first kappa shape index (κ1) is 13.7. The molecule has 0 amide bonds. The second kappa shape index (κ2) is 5.08. The van der Waals surface area contributed by atoms with Gasteiger partial charge in [-0.05, 0) is 36.6 Å². The Morgan fingerprint density at radius 1 is 0.850 bits per heavy atom. The number of nitrogens with zero attached hydrogens (tertiary/aromatic N) is 2. The number of nitro groups is 2. The van der Waals surface area contributed by atoms with Crippen LogP contribution in [0.3, 0.4) is 0 Å². The van der Waals surface area contributed by atoms with E-state index in [1.807, 2.05) is 31.2 Å². The Bertz CT molecular complexity index is 710. The van der Waals surface area contributed by atoms with E-state index in [9.17, 15) is 20.2 Å². The maximum absolute atomic E-state index is 11.1. The molecule has 0 heterocycles. The zero-order valence-corrected chi connectivity index (χ0v) is 11.0. The predicted octanol–water partition coefficient (Wildman–Crippen LogP) is 3.79. The molecule has 0 bridgehead atoms. The molecule has 0 N–H and O–H groups in total. The standard InChI is InChI=1S/C14H12N2O4/c1-9-5-3-4-6-11(9)12-7-8-13(15(17)18)14(10(12)2)16(19)20/h3-8H,1-2H3. The van der Waals surface area contributed by atoms with Gasteiger partial charge in [-0.2, -0.15) is 0 Å². The van der Waals surface area contributed by atoms with Crippen LogP contribution in [0.15, 0.2) is 36.4 Å². The number of rotatable bonds is 3. The molecule has 6 nitrogen and oxygen atoms in total. The first-order chi connectivity index (χ1) is 9.43. The summed E-state index contributed by atoms with van der Waals surface area (Å²) in [4.78, 5) is 20.6. The second-order valence-electron chi connectivity index (χ2n) is 4.43. The van der Waals surface area contributed by atoms with Crippen LogP contribution < -0.4 is 0 Å². The summed E-state index contributed by atoms with van der Waals surface area (Å²) < 4.78 is 0. The van der Waals surface area contributed by atoms with Gasteiger partial charge < -0.3 is 0 Å². The minimum absolute atomic E-state index is 0.304. The molecule has 0 fully saturated rings. The van der Waals surface area contributed by atoms with Crippen LogP contribution in [0, 0.1) is 34.1 Å². The van der Waals surface area contributed by atoms with Gasteiger partial charge in [0.25, 0.3) is 0 Å². The third-order valence-electron chi connectivity index (χ3n) is 3.22. The van der Waals surface area contributed by atoms with Crippen molar-refractivity contribution in [2.45, 2.75) is 13.8 Å². The SMILES string of the molecule is Cc1ccccc1-c1ccc([N+](=O)[O-])c([N+](=O)[O-])c1C. The van der Waals surface area contributed by atoms with Crippen molar-refractivity contribution in [1.29, 1.82) is 0 Å². The van der Waals surface area contributed by atoms with E-state index >= 15 is 0 Å². The fourth-order valence-corrected chi connectivity index (χ4v) is 2.23. The van der Waals surface area contributed by atoms with Crippen molar-refractivity contribution in [3.8, 4) is 11.1 Å². The monoisotopic (exact) mass is 272 g/mol. The zero-order chi connectivity index (χ0) is 14.9. The highest BCUT2D eigenvalue weighted by molar-refractivity contribution is 5.77. The predicted molar refractivity (Wildman–Crippen MR) is 74.7 cm³/mol. The molecule has 0 spiro atoms. The topological polar surface area (TPSA) is 86.3 Å². The summed E-state index contributed by atoms with van der Waals surface area (Å²) in [7, 11) is 0. The van der Waals surface area contributed by atoms with Gasteiger partial charge in [-0.3, -0.25) is 20.2 Å². The summed E-state index contributed by atoms with van der Waals surface area (Å²) in [6.07, 6.45) is 0. The summed E-state index contributed by atoms with van der Waals surface area (Å²) in [6.45, 7) is 3.43. The van der Waals surface area contributed by atoms with E-state index < -0.39 is 21.2 Å². The molecule has 0 saturated heterocycles. The van der Waals surface area contributed by atoms with Crippen LogP contribution in [0.1, 0.15) is 11.1 Å². The van der Waals surface area contributed by atoms with Crippen molar-refractivity contribution in [2.24, 2.45) is 0 Å². The van der Waals surface area contributed by atoms with E-state index in [0.29, 0.717) is 11.1 Å². The van der Waals surface area contributed by atoms with E-state index in [1.54, 1.807) is 6.07 Å².